The summed E-state index contributed by atoms with van der Waals surface area (Å²) in [4.78, 5) is 14.0. The van der Waals surface area contributed by atoms with Gasteiger partial charge in [0.05, 0.1) is 11.3 Å². The number of nitrogens with zero attached hydrogens (tertiary/aromatic N) is 1. The minimum atomic E-state index is -0.474. The Labute approximate surface area is 113 Å². The van der Waals surface area contributed by atoms with Gasteiger partial charge in [-0.2, -0.15) is 0 Å². The summed E-state index contributed by atoms with van der Waals surface area (Å²) >= 11 is 10.8. The predicted octanol–water partition coefficient (Wildman–Crippen LogP) is 2.90. The van der Waals surface area contributed by atoms with Gasteiger partial charge in [-0.05, 0) is 36.5 Å². The van der Waals surface area contributed by atoms with Crippen LogP contribution in [0.1, 0.15) is 5.56 Å². The van der Waals surface area contributed by atoms with Crippen molar-refractivity contribution in [2.75, 3.05) is 0 Å². The molecule has 0 radical (unpaired) electrons. The van der Waals surface area contributed by atoms with Crippen LogP contribution in [0.15, 0.2) is 35.6 Å². The van der Waals surface area contributed by atoms with Gasteiger partial charge in [-0.15, -0.1) is 0 Å². The molecule has 0 spiro atoms. The summed E-state index contributed by atoms with van der Waals surface area (Å²) in [6.45, 7) is 3.48. The van der Waals surface area contributed by atoms with Gasteiger partial charge in [-0.1, -0.05) is 24.3 Å². The second kappa shape index (κ2) is 4.80. The van der Waals surface area contributed by atoms with E-state index >= 15 is 0 Å². The molecule has 4 nitrogen and oxygen atoms in total. The third-order valence-corrected chi connectivity index (χ3v) is 2.95. The molecule has 0 atom stereocenters. The van der Waals surface area contributed by atoms with E-state index < -0.39 is 5.56 Å². The van der Waals surface area contributed by atoms with Crippen LogP contribution in [0, 0.1) is 4.77 Å². The second-order valence-electron chi connectivity index (χ2n) is 3.51. The highest BCUT2D eigenvalue weighted by molar-refractivity contribution is 7.71. The van der Waals surface area contributed by atoms with Crippen molar-refractivity contribution in [3.05, 3.63) is 56.6 Å². The number of aromatic nitrogens is 2. The Morgan fingerprint density at radius 3 is 2.56 bits per heavy atom. The number of nitrogens with one attached hydrogen (secondary N) is 1. The molecule has 0 aliphatic carbocycles. The molecule has 2 N–H and O–H groups in total. The SMILES string of the molecule is C=Cc1c(O)n(-c2ccc(Cl)cc2)c(=S)[nH]c1=O. The molecule has 0 saturated heterocycles. The average Bonchev–Trinajstić information content (AvgIpc) is 2.31. The normalized spacial score (nSPS) is 10.3. The molecule has 1 aromatic carbocycles. The fourth-order valence-corrected chi connectivity index (χ4v) is 1.96. The Morgan fingerprint density at radius 2 is 2.00 bits per heavy atom. The van der Waals surface area contributed by atoms with Gasteiger partial charge < -0.3 is 5.11 Å². The highest BCUT2D eigenvalue weighted by Gasteiger charge is 2.10. The molecule has 0 fully saturated rings. The highest BCUT2D eigenvalue weighted by Crippen LogP contribution is 2.21. The van der Waals surface area contributed by atoms with E-state index in [4.69, 9.17) is 23.8 Å². The molecule has 1 heterocycles. The van der Waals surface area contributed by atoms with E-state index in [-0.39, 0.29) is 16.2 Å². The van der Waals surface area contributed by atoms with Gasteiger partial charge in [-0.25, -0.2) is 0 Å². The maximum atomic E-state index is 11.5. The Bertz CT molecular complexity index is 716. The summed E-state index contributed by atoms with van der Waals surface area (Å²) in [6, 6.07) is 6.69. The molecule has 0 amide bonds. The molecular formula is C12H9ClN2O2S. The van der Waals surface area contributed by atoms with Gasteiger partial charge in [0.1, 0.15) is 0 Å². The number of rotatable bonds is 2. The van der Waals surface area contributed by atoms with Crippen LogP contribution in [0.2, 0.25) is 5.02 Å². The van der Waals surface area contributed by atoms with Gasteiger partial charge in [-0.3, -0.25) is 14.3 Å². The highest BCUT2D eigenvalue weighted by atomic mass is 35.5. The van der Waals surface area contributed by atoms with Crippen LogP contribution >= 0.6 is 23.8 Å². The molecular weight excluding hydrogens is 272 g/mol. The van der Waals surface area contributed by atoms with Crippen LogP contribution in [0.4, 0.5) is 0 Å². The molecule has 2 rings (SSSR count). The number of aromatic hydroxyl groups is 1. The summed E-state index contributed by atoms with van der Waals surface area (Å²) in [5.74, 6) is -0.249. The molecule has 0 bridgehead atoms. The van der Waals surface area contributed by atoms with Crippen molar-refractivity contribution in [1.82, 2.24) is 9.55 Å². The minimum Gasteiger partial charge on any atom is -0.494 e. The van der Waals surface area contributed by atoms with Crippen molar-refractivity contribution < 1.29 is 5.11 Å². The van der Waals surface area contributed by atoms with Crippen molar-refractivity contribution in [2.45, 2.75) is 0 Å². The molecule has 0 aliphatic heterocycles. The maximum absolute atomic E-state index is 11.5. The lowest BCUT2D eigenvalue weighted by atomic mass is 10.3. The molecule has 18 heavy (non-hydrogen) atoms. The number of hydrogen-bond acceptors (Lipinski definition) is 3. The number of benzene rings is 1. The number of hydrogen-bond donors (Lipinski definition) is 2. The quantitative estimate of drug-likeness (QED) is 0.832. The monoisotopic (exact) mass is 280 g/mol. The van der Waals surface area contributed by atoms with Crippen molar-refractivity contribution in [2.24, 2.45) is 0 Å². The van der Waals surface area contributed by atoms with Crippen molar-refractivity contribution in [3.63, 3.8) is 0 Å². The Morgan fingerprint density at radius 1 is 1.39 bits per heavy atom. The fraction of sp³-hybridized carbons (Fsp3) is 0. The first-order valence-electron chi connectivity index (χ1n) is 5.01. The van der Waals surface area contributed by atoms with Crippen LogP contribution in [0.25, 0.3) is 11.8 Å². The van der Waals surface area contributed by atoms with E-state index in [2.05, 4.69) is 11.6 Å². The number of halogens is 1. The zero-order chi connectivity index (χ0) is 13.3. The molecule has 0 aliphatic rings. The van der Waals surface area contributed by atoms with E-state index in [1.807, 2.05) is 0 Å². The van der Waals surface area contributed by atoms with E-state index in [0.29, 0.717) is 10.7 Å². The van der Waals surface area contributed by atoms with Crippen LogP contribution in [0.3, 0.4) is 0 Å². The van der Waals surface area contributed by atoms with E-state index in [9.17, 15) is 9.90 Å². The molecule has 1 aromatic heterocycles. The predicted molar refractivity (Wildman–Crippen MR) is 74.0 cm³/mol. The Kier molecular flexibility index (Phi) is 3.36. The first kappa shape index (κ1) is 12.6. The third kappa shape index (κ3) is 2.10. The van der Waals surface area contributed by atoms with E-state index in [0.717, 1.165) is 0 Å². The zero-order valence-corrected chi connectivity index (χ0v) is 10.8. The summed E-state index contributed by atoms with van der Waals surface area (Å²) < 4.78 is 1.44. The first-order valence-corrected chi connectivity index (χ1v) is 5.80. The van der Waals surface area contributed by atoms with Gasteiger partial charge in [0, 0.05) is 5.02 Å². The van der Waals surface area contributed by atoms with Crippen molar-refractivity contribution in [3.8, 4) is 11.6 Å². The second-order valence-corrected chi connectivity index (χ2v) is 4.34. The molecule has 92 valence electrons. The van der Waals surface area contributed by atoms with Gasteiger partial charge >= 0.3 is 0 Å². The van der Waals surface area contributed by atoms with Crippen LogP contribution in [-0.2, 0) is 0 Å². The van der Waals surface area contributed by atoms with Crippen LogP contribution in [0.5, 0.6) is 5.88 Å². The lowest BCUT2D eigenvalue weighted by Gasteiger charge is -2.11. The molecule has 0 saturated carbocycles. The van der Waals surface area contributed by atoms with E-state index in [1.54, 1.807) is 24.3 Å². The minimum absolute atomic E-state index is 0.0681. The maximum Gasteiger partial charge on any atom is 0.262 e. The van der Waals surface area contributed by atoms with Crippen molar-refractivity contribution >= 4 is 29.9 Å². The first-order chi connectivity index (χ1) is 8.54. The summed E-state index contributed by atoms with van der Waals surface area (Å²) in [6.07, 6.45) is 1.27. The summed E-state index contributed by atoms with van der Waals surface area (Å²) in [5, 5.41) is 10.6. The summed E-state index contributed by atoms with van der Waals surface area (Å²) in [5.41, 5.74) is 0.192. The fourth-order valence-electron chi connectivity index (χ4n) is 1.55. The lowest BCUT2D eigenvalue weighted by Crippen LogP contribution is -2.15. The van der Waals surface area contributed by atoms with Gasteiger partial charge in [0.25, 0.3) is 5.56 Å². The molecule has 2 aromatic rings. The molecule has 6 heteroatoms. The largest absolute Gasteiger partial charge is 0.494 e. The third-order valence-electron chi connectivity index (χ3n) is 2.41. The van der Waals surface area contributed by atoms with E-state index in [1.165, 1.54) is 10.6 Å². The Balaban J connectivity index is 2.79. The van der Waals surface area contributed by atoms with Crippen LogP contribution < -0.4 is 5.56 Å². The average molecular weight is 281 g/mol. The lowest BCUT2D eigenvalue weighted by molar-refractivity contribution is 0.432. The van der Waals surface area contributed by atoms with Gasteiger partial charge in [0.15, 0.2) is 4.77 Å². The summed E-state index contributed by atoms with van der Waals surface area (Å²) in [7, 11) is 0. The molecule has 0 unspecified atom stereocenters. The zero-order valence-electron chi connectivity index (χ0n) is 9.18. The Hall–Kier alpha value is -1.85. The number of aromatic amines is 1. The van der Waals surface area contributed by atoms with Crippen molar-refractivity contribution in [1.29, 1.82) is 0 Å². The van der Waals surface area contributed by atoms with Gasteiger partial charge in [0.2, 0.25) is 5.88 Å². The standard InChI is InChI=1S/C12H9ClN2O2S/c1-2-9-10(16)14-12(18)15(11(9)17)8-5-3-7(13)4-6-8/h2-6,17H,1H2,(H,14,16,18). The topological polar surface area (TPSA) is 58.0 Å². The smallest absolute Gasteiger partial charge is 0.262 e. The van der Waals surface area contributed by atoms with Crippen LogP contribution in [-0.4, -0.2) is 14.7 Å². The number of H-pyrrole nitrogens is 1.